The number of aromatic nitrogens is 4. The van der Waals surface area contributed by atoms with Crippen LogP contribution in [0.1, 0.15) is 0 Å². The van der Waals surface area contributed by atoms with Gasteiger partial charge in [0.1, 0.15) is 0 Å². The highest BCUT2D eigenvalue weighted by atomic mass is 35.5. The van der Waals surface area contributed by atoms with E-state index in [-0.39, 0.29) is 5.28 Å². The summed E-state index contributed by atoms with van der Waals surface area (Å²) in [6.45, 7) is 5.34. The average molecular weight is 268 g/mol. The fraction of sp³-hybridized carbons (Fsp3) is 0.545. The number of hydrogen-bond donors (Lipinski definition) is 0. The molecule has 1 saturated heterocycles. The standard InChI is InChI=1S/C11H14ClN5O/c12-11-13-7-9-8-14-17(10(9)15-11)2-1-16-3-5-18-6-4-16/h7-8H,1-6H2. The number of ether oxygens (including phenoxy) is 1. The summed E-state index contributed by atoms with van der Waals surface area (Å²) in [5.41, 5.74) is 0.795. The molecule has 2 aromatic heterocycles. The van der Waals surface area contributed by atoms with Crippen molar-refractivity contribution in [3.8, 4) is 0 Å². The Morgan fingerprint density at radius 2 is 2.06 bits per heavy atom. The van der Waals surface area contributed by atoms with Gasteiger partial charge >= 0.3 is 0 Å². The highest BCUT2D eigenvalue weighted by Gasteiger charge is 2.11. The first-order chi connectivity index (χ1) is 8.83. The molecule has 0 atom stereocenters. The third kappa shape index (κ3) is 2.45. The first kappa shape index (κ1) is 11.8. The monoisotopic (exact) mass is 267 g/mol. The van der Waals surface area contributed by atoms with Crippen molar-refractivity contribution in [1.82, 2.24) is 24.6 Å². The summed E-state index contributed by atoms with van der Waals surface area (Å²) in [6, 6.07) is 0. The van der Waals surface area contributed by atoms with Crippen molar-refractivity contribution in [2.75, 3.05) is 32.8 Å². The van der Waals surface area contributed by atoms with Crippen molar-refractivity contribution in [2.45, 2.75) is 6.54 Å². The van der Waals surface area contributed by atoms with Crippen LogP contribution in [-0.2, 0) is 11.3 Å². The summed E-state index contributed by atoms with van der Waals surface area (Å²) in [7, 11) is 0. The normalized spacial score (nSPS) is 17.4. The van der Waals surface area contributed by atoms with E-state index in [0.717, 1.165) is 50.4 Å². The summed E-state index contributed by atoms with van der Waals surface area (Å²) >= 11 is 5.81. The molecule has 0 amide bonds. The molecule has 7 heteroatoms. The maximum atomic E-state index is 5.81. The minimum atomic E-state index is 0.260. The van der Waals surface area contributed by atoms with Crippen molar-refractivity contribution in [3.05, 3.63) is 17.7 Å². The Labute approximate surface area is 110 Å². The lowest BCUT2D eigenvalue weighted by atomic mass is 10.4. The van der Waals surface area contributed by atoms with Gasteiger partial charge < -0.3 is 4.74 Å². The molecule has 0 unspecified atom stereocenters. The molecular weight excluding hydrogens is 254 g/mol. The van der Waals surface area contributed by atoms with Crippen LogP contribution in [0.25, 0.3) is 11.0 Å². The molecule has 3 rings (SSSR count). The van der Waals surface area contributed by atoms with E-state index >= 15 is 0 Å². The van der Waals surface area contributed by atoms with Gasteiger partial charge in [0.15, 0.2) is 5.65 Å². The predicted molar refractivity (Wildman–Crippen MR) is 67.6 cm³/mol. The summed E-state index contributed by atoms with van der Waals surface area (Å²) in [6.07, 6.45) is 3.47. The molecule has 0 radical (unpaired) electrons. The minimum Gasteiger partial charge on any atom is -0.379 e. The molecule has 0 saturated carbocycles. The quantitative estimate of drug-likeness (QED) is 0.771. The Kier molecular flexibility index (Phi) is 3.40. The SMILES string of the molecule is Clc1ncc2cnn(CCN3CCOCC3)c2n1. The van der Waals surface area contributed by atoms with Crippen LogP contribution < -0.4 is 0 Å². The van der Waals surface area contributed by atoms with Gasteiger partial charge in [-0.05, 0) is 11.6 Å². The summed E-state index contributed by atoms with van der Waals surface area (Å²) in [5.74, 6) is 0. The maximum absolute atomic E-state index is 5.81. The maximum Gasteiger partial charge on any atom is 0.224 e. The number of hydrogen-bond acceptors (Lipinski definition) is 5. The molecule has 18 heavy (non-hydrogen) atoms. The molecule has 0 aliphatic carbocycles. The van der Waals surface area contributed by atoms with Crippen LogP contribution >= 0.6 is 11.6 Å². The van der Waals surface area contributed by atoms with Gasteiger partial charge in [0.25, 0.3) is 0 Å². The van der Waals surface area contributed by atoms with Crippen LogP contribution in [0.4, 0.5) is 0 Å². The van der Waals surface area contributed by atoms with Crippen molar-refractivity contribution < 1.29 is 4.74 Å². The van der Waals surface area contributed by atoms with E-state index in [4.69, 9.17) is 16.3 Å². The Hall–Kier alpha value is -1.24. The Balaban J connectivity index is 1.72. The van der Waals surface area contributed by atoms with Crippen LogP contribution in [-0.4, -0.2) is 57.5 Å². The zero-order chi connectivity index (χ0) is 12.4. The van der Waals surface area contributed by atoms with Crippen molar-refractivity contribution >= 4 is 22.6 Å². The Bertz CT molecular complexity index is 537. The number of nitrogens with zero attached hydrogens (tertiary/aromatic N) is 5. The van der Waals surface area contributed by atoms with Gasteiger partial charge in [0.05, 0.1) is 31.3 Å². The Morgan fingerprint density at radius 3 is 2.89 bits per heavy atom. The highest BCUT2D eigenvalue weighted by molar-refractivity contribution is 6.28. The van der Waals surface area contributed by atoms with E-state index in [9.17, 15) is 0 Å². The second-order valence-corrected chi connectivity index (χ2v) is 4.58. The second-order valence-electron chi connectivity index (χ2n) is 4.24. The van der Waals surface area contributed by atoms with Gasteiger partial charge in [0.2, 0.25) is 5.28 Å². The summed E-state index contributed by atoms with van der Waals surface area (Å²) in [4.78, 5) is 10.5. The van der Waals surface area contributed by atoms with Crippen molar-refractivity contribution in [3.63, 3.8) is 0 Å². The van der Waals surface area contributed by atoms with Crippen LogP contribution in [0, 0.1) is 0 Å². The fourth-order valence-corrected chi connectivity index (χ4v) is 2.20. The molecule has 3 heterocycles. The number of halogens is 1. The first-order valence-corrected chi connectivity index (χ1v) is 6.35. The lowest BCUT2D eigenvalue weighted by molar-refractivity contribution is 0.0361. The minimum absolute atomic E-state index is 0.260. The van der Waals surface area contributed by atoms with Gasteiger partial charge in [-0.2, -0.15) is 10.1 Å². The van der Waals surface area contributed by atoms with Crippen molar-refractivity contribution in [2.24, 2.45) is 0 Å². The van der Waals surface area contributed by atoms with E-state index in [1.807, 2.05) is 4.68 Å². The molecule has 0 bridgehead atoms. The van der Waals surface area contributed by atoms with Gasteiger partial charge in [-0.15, -0.1) is 0 Å². The van der Waals surface area contributed by atoms with Gasteiger partial charge in [-0.3, -0.25) is 4.90 Å². The average Bonchev–Trinajstić information content (AvgIpc) is 2.80. The molecule has 0 N–H and O–H groups in total. The molecule has 0 aromatic carbocycles. The molecule has 0 spiro atoms. The summed E-state index contributed by atoms with van der Waals surface area (Å²) in [5, 5.41) is 5.50. The number of rotatable bonds is 3. The smallest absolute Gasteiger partial charge is 0.224 e. The first-order valence-electron chi connectivity index (χ1n) is 5.97. The molecule has 2 aromatic rings. The van der Waals surface area contributed by atoms with E-state index < -0.39 is 0 Å². The number of morpholine rings is 1. The molecule has 96 valence electrons. The summed E-state index contributed by atoms with van der Waals surface area (Å²) < 4.78 is 7.19. The Morgan fingerprint density at radius 1 is 1.22 bits per heavy atom. The predicted octanol–water partition coefficient (Wildman–Crippen LogP) is 0.812. The molecule has 1 aliphatic rings. The van der Waals surface area contributed by atoms with E-state index in [2.05, 4.69) is 20.0 Å². The zero-order valence-electron chi connectivity index (χ0n) is 9.92. The van der Waals surface area contributed by atoms with Crippen LogP contribution in [0.15, 0.2) is 12.4 Å². The lowest BCUT2D eigenvalue weighted by Crippen LogP contribution is -2.38. The topological polar surface area (TPSA) is 56.1 Å². The van der Waals surface area contributed by atoms with Gasteiger partial charge in [-0.1, -0.05) is 0 Å². The van der Waals surface area contributed by atoms with Crippen molar-refractivity contribution in [1.29, 1.82) is 0 Å². The molecule has 6 nitrogen and oxygen atoms in total. The molecular formula is C11H14ClN5O. The second kappa shape index (κ2) is 5.17. The molecule has 1 aliphatic heterocycles. The van der Waals surface area contributed by atoms with Gasteiger partial charge in [-0.25, -0.2) is 9.67 Å². The lowest BCUT2D eigenvalue weighted by Gasteiger charge is -2.26. The van der Waals surface area contributed by atoms with E-state index in [1.165, 1.54) is 0 Å². The third-order valence-electron chi connectivity index (χ3n) is 3.08. The zero-order valence-corrected chi connectivity index (χ0v) is 10.7. The van der Waals surface area contributed by atoms with Gasteiger partial charge in [0, 0.05) is 25.8 Å². The number of fused-ring (bicyclic) bond motifs is 1. The third-order valence-corrected chi connectivity index (χ3v) is 3.26. The van der Waals surface area contributed by atoms with Crippen LogP contribution in [0.2, 0.25) is 5.28 Å². The van der Waals surface area contributed by atoms with Crippen LogP contribution in [0.5, 0.6) is 0 Å². The van der Waals surface area contributed by atoms with E-state index in [0.29, 0.717) is 0 Å². The van der Waals surface area contributed by atoms with E-state index in [1.54, 1.807) is 12.4 Å². The molecule has 1 fully saturated rings. The highest BCUT2D eigenvalue weighted by Crippen LogP contribution is 2.12. The fourth-order valence-electron chi connectivity index (χ4n) is 2.07. The van der Waals surface area contributed by atoms with Crippen LogP contribution in [0.3, 0.4) is 0 Å². The largest absolute Gasteiger partial charge is 0.379 e.